The molecule has 166 valence electrons. The van der Waals surface area contributed by atoms with Crippen molar-refractivity contribution in [1.82, 2.24) is 0 Å². The highest BCUT2D eigenvalue weighted by Crippen LogP contribution is 2.48. The lowest BCUT2D eigenvalue weighted by atomic mass is 9.83. The van der Waals surface area contributed by atoms with Gasteiger partial charge in [0, 0.05) is 11.6 Å². The SMILES string of the molecule is COc1cc([C@@H]2C(C#N)=C(N)Oc3cc4c(cc32)OCO4)ccc1OCc1ccc(C)cc1. The van der Waals surface area contributed by atoms with Crippen LogP contribution >= 0.6 is 0 Å². The molecule has 0 bridgehead atoms. The largest absolute Gasteiger partial charge is 0.493 e. The van der Waals surface area contributed by atoms with E-state index in [1.54, 1.807) is 13.2 Å². The van der Waals surface area contributed by atoms with Gasteiger partial charge in [0.25, 0.3) is 0 Å². The number of ether oxygens (including phenoxy) is 5. The molecule has 0 aromatic heterocycles. The predicted octanol–water partition coefficient (Wildman–Crippen LogP) is 4.53. The minimum absolute atomic E-state index is 0.0625. The predicted molar refractivity (Wildman–Crippen MR) is 120 cm³/mol. The summed E-state index contributed by atoms with van der Waals surface area (Å²) < 4.78 is 28.3. The zero-order valence-electron chi connectivity index (χ0n) is 18.3. The molecule has 0 fully saturated rings. The van der Waals surface area contributed by atoms with Crippen LogP contribution in [0.15, 0.2) is 66.1 Å². The lowest BCUT2D eigenvalue weighted by molar-refractivity contribution is 0.174. The van der Waals surface area contributed by atoms with Crippen LogP contribution in [0.2, 0.25) is 0 Å². The molecule has 0 spiro atoms. The summed E-state index contributed by atoms with van der Waals surface area (Å²) in [6.45, 7) is 2.60. The monoisotopic (exact) mass is 442 g/mol. The Hall–Kier alpha value is -4.31. The van der Waals surface area contributed by atoms with Gasteiger partial charge in [0.2, 0.25) is 12.7 Å². The Bertz CT molecular complexity index is 1290. The molecule has 0 radical (unpaired) electrons. The molecule has 33 heavy (non-hydrogen) atoms. The number of nitrogens with zero attached hydrogens (tertiary/aromatic N) is 1. The molecule has 3 aromatic carbocycles. The molecule has 5 rings (SSSR count). The summed E-state index contributed by atoms with van der Waals surface area (Å²) in [5.74, 6) is 2.49. The van der Waals surface area contributed by atoms with Crippen LogP contribution in [0.25, 0.3) is 0 Å². The van der Waals surface area contributed by atoms with Gasteiger partial charge in [-0.25, -0.2) is 0 Å². The molecule has 2 heterocycles. The molecule has 0 amide bonds. The number of benzene rings is 3. The maximum absolute atomic E-state index is 9.84. The summed E-state index contributed by atoms with van der Waals surface area (Å²) in [6, 6.07) is 19.5. The second-order valence-corrected chi connectivity index (χ2v) is 7.85. The van der Waals surface area contributed by atoms with Crippen molar-refractivity contribution in [3.8, 4) is 34.8 Å². The average Bonchev–Trinajstić information content (AvgIpc) is 3.29. The van der Waals surface area contributed by atoms with Crippen LogP contribution in [0.4, 0.5) is 0 Å². The molecule has 7 heteroatoms. The zero-order chi connectivity index (χ0) is 22.9. The summed E-state index contributed by atoms with van der Waals surface area (Å²) >= 11 is 0. The van der Waals surface area contributed by atoms with Crippen LogP contribution in [-0.2, 0) is 6.61 Å². The van der Waals surface area contributed by atoms with Crippen molar-refractivity contribution in [2.45, 2.75) is 19.4 Å². The summed E-state index contributed by atoms with van der Waals surface area (Å²) in [5, 5.41) is 9.84. The minimum atomic E-state index is -0.451. The molecule has 0 unspecified atom stereocenters. The summed E-state index contributed by atoms with van der Waals surface area (Å²) in [6.07, 6.45) is 0. The fourth-order valence-corrected chi connectivity index (χ4v) is 4.02. The van der Waals surface area contributed by atoms with Crippen LogP contribution in [-0.4, -0.2) is 13.9 Å². The Morgan fingerprint density at radius 2 is 1.76 bits per heavy atom. The van der Waals surface area contributed by atoms with Crippen molar-refractivity contribution in [3.05, 3.63) is 88.3 Å². The maximum atomic E-state index is 9.84. The zero-order valence-corrected chi connectivity index (χ0v) is 18.3. The van der Waals surface area contributed by atoms with Gasteiger partial charge in [0.05, 0.1) is 13.0 Å². The van der Waals surface area contributed by atoms with Crippen molar-refractivity contribution in [1.29, 1.82) is 5.26 Å². The molecule has 0 saturated heterocycles. The molecular weight excluding hydrogens is 420 g/mol. The van der Waals surface area contributed by atoms with E-state index in [2.05, 4.69) is 6.07 Å². The Kier molecular flexibility index (Phi) is 5.19. The van der Waals surface area contributed by atoms with Gasteiger partial charge >= 0.3 is 0 Å². The number of nitriles is 1. The van der Waals surface area contributed by atoms with E-state index in [9.17, 15) is 5.26 Å². The van der Waals surface area contributed by atoms with Gasteiger partial charge in [-0.1, -0.05) is 35.9 Å². The van der Waals surface area contributed by atoms with Gasteiger partial charge < -0.3 is 29.4 Å². The van der Waals surface area contributed by atoms with E-state index >= 15 is 0 Å². The Morgan fingerprint density at radius 1 is 1.00 bits per heavy atom. The normalized spacial score (nSPS) is 16.0. The molecule has 3 aromatic rings. The van der Waals surface area contributed by atoms with Gasteiger partial charge in [-0.05, 0) is 36.2 Å². The highest BCUT2D eigenvalue weighted by molar-refractivity contribution is 5.62. The maximum Gasteiger partial charge on any atom is 0.231 e. The van der Waals surface area contributed by atoms with E-state index in [1.165, 1.54) is 5.56 Å². The second kappa shape index (κ2) is 8.32. The third kappa shape index (κ3) is 3.76. The van der Waals surface area contributed by atoms with Crippen molar-refractivity contribution in [3.63, 3.8) is 0 Å². The van der Waals surface area contributed by atoms with Crippen LogP contribution in [0.1, 0.15) is 28.2 Å². The quantitative estimate of drug-likeness (QED) is 0.620. The number of methoxy groups -OCH3 is 1. The Balaban J connectivity index is 1.50. The summed E-state index contributed by atoms with van der Waals surface area (Å²) in [4.78, 5) is 0. The van der Waals surface area contributed by atoms with Crippen LogP contribution in [0.5, 0.6) is 28.7 Å². The standard InChI is InChI=1S/C26H22N2O5/c1-15-3-5-16(6-4-15)13-30-20-8-7-17(9-22(20)29-2)25-18-10-23-24(32-14-31-23)11-21(18)33-26(28)19(25)12-27/h3-11,25H,13-14,28H2,1-2H3/t25-/m0/s1. The smallest absolute Gasteiger partial charge is 0.231 e. The summed E-state index contributed by atoms with van der Waals surface area (Å²) in [5.41, 5.74) is 10.3. The van der Waals surface area contributed by atoms with Crippen LogP contribution in [0, 0.1) is 18.3 Å². The van der Waals surface area contributed by atoms with Gasteiger partial charge in [-0.15, -0.1) is 0 Å². The number of hydrogen-bond acceptors (Lipinski definition) is 7. The minimum Gasteiger partial charge on any atom is -0.493 e. The van der Waals surface area contributed by atoms with E-state index in [1.807, 2.05) is 55.5 Å². The molecular formula is C26H22N2O5. The van der Waals surface area contributed by atoms with Crippen molar-refractivity contribution in [2.75, 3.05) is 13.9 Å². The van der Waals surface area contributed by atoms with Gasteiger partial charge in [-0.2, -0.15) is 5.26 Å². The Morgan fingerprint density at radius 3 is 2.48 bits per heavy atom. The highest BCUT2D eigenvalue weighted by Gasteiger charge is 2.33. The number of rotatable bonds is 5. The van der Waals surface area contributed by atoms with E-state index in [0.29, 0.717) is 40.9 Å². The fraction of sp³-hybridized carbons (Fsp3) is 0.192. The number of aryl methyl sites for hydroxylation is 1. The number of hydrogen-bond donors (Lipinski definition) is 1. The molecule has 2 aliphatic heterocycles. The first-order chi connectivity index (χ1) is 16.1. The van der Waals surface area contributed by atoms with Gasteiger partial charge in [0.1, 0.15) is 24.0 Å². The Labute approximate surface area is 191 Å². The molecule has 2 N–H and O–H groups in total. The molecule has 2 aliphatic rings. The van der Waals surface area contributed by atoms with Crippen LogP contribution in [0.3, 0.4) is 0 Å². The molecule has 1 atom stereocenters. The first kappa shape index (κ1) is 20.6. The van der Waals surface area contributed by atoms with E-state index in [-0.39, 0.29) is 12.7 Å². The lowest BCUT2D eigenvalue weighted by Gasteiger charge is -2.27. The average molecular weight is 442 g/mol. The molecule has 0 saturated carbocycles. The topological polar surface area (TPSA) is 96.0 Å². The number of fused-ring (bicyclic) bond motifs is 2. The van der Waals surface area contributed by atoms with Gasteiger partial charge in [0.15, 0.2) is 23.0 Å². The van der Waals surface area contributed by atoms with E-state index < -0.39 is 5.92 Å². The third-order valence-electron chi connectivity index (χ3n) is 5.75. The third-order valence-corrected chi connectivity index (χ3v) is 5.75. The van der Waals surface area contributed by atoms with Gasteiger partial charge in [-0.3, -0.25) is 0 Å². The molecule has 0 aliphatic carbocycles. The second-order valence-electron chi connectivity index (χ2n) is 7.85. The van der Waals surface area contributed by atoms with E-state index in [4.69, 9.17) is 29.4 Å². The van der Waals surface area contributed by atoms with Crippen LogP contribution < -0.4 is 29.4 Å². The summed E-state index contributed by atoms with van der Waals surface area (Å²) in [7, 11) is 1.59. The lowest BCUT2D eigenvalue weighted by Crippen LogP contribution is -2.21. The number of nitrogens with two attached hydrogens (primary N) is 1. The fourth-order valence-electron chi connectivity index (χ4n) is 4.02. The first-order valence-electron chi connectivity index (χ1n) is 10.4. The van der Waals surface area contributed by atoms with Crippen molar-refractivity contribution >= 4 is 0 Å². The van der Waals surface area contributed by atoms with Crippen molar-refractivity contribution < 1.29 is 23.7 Å². The number of allylic oxidation sites excluding steroid dienone is 1. The van der Waals surface area contributed by atoms with Crippen molar-refractivity contribution in [2.24, 2.45) is 5.73 Å². The highest BCUT2D eigenvalue weighted by atomic mass is 16.7. The van der Waals surface area contributed by atoms with E-state index in [0.717, 1.165) is 16.7 Å². The first-order valence-corrected chi connectivity index (χ1v) is 10.4. The molecule has 7 nitrogen and oxygen atoms in total.